The molecule has 0 aromatic carbocycles. The van der Waals surface area contributed by atoms with E-state index in [9.17, 15) is 9.59 Å². The molecule has 5 heteroatoms. The summed E-state index contributed by atoms with van der Waals surface area (Å²) in [6.07, 6.45) is 1.94. The van der Waals surface area contributed by atoms with Crippen molar-refractivity contribution in [2.75, 3.05) is 0 Å². The zero-order valence-electron chi connectivity index (χ0n) is 9.77. The van der Waals surface area contributed by atoms with Crippen LogP contribution in [-0.4, -0.2) is 32.1 Å². The number of hydrogen-bond acceptors (Lipinski definition) is 3. The van der Waals surface area contributed by atoms with E-state index >= 15 is 0 Å². The summed E-state index contributed by atoms with van der Waals surface area (Å²) in [6.45, 7) is 6.12. The SMILES string of the molecule is CCC[C@@H]1C(=O)N2[C@@H]1SC(C)(C)[C@@H]2C(=O)S. The van der Waals surface area contributed by atoms with Gasteiger partial charge in [-0.15, -0.1) is 24.4 Å². The van der Waals surface area contributed by atoms with E-state index in [0.717, 1.165) is 12.8 Å². The minimum Gasteiger partial charge on any atom is -0.317 e. The Labute approximate surface area is 106 Å². The van der Waals surface area contributed by atoms with E-state index in [0.29, 0.717) is 0 Å². The maximum absolute atomic E-state index is 12.0. The first-order chi connectivity index (χ1) is 7.40. The van der Waals surface area contributed by atoms with Crippen LogP contribution in [0.3, 0.4) is 0 Å². The molecule has 2 fully saturated rings. The molecule has 16 heavy (non-hydrogen) atoms. The summed E-state index contributed by atoms with van der Waals surface area (Å²) >= 11 is 5.66. The van der Waals surface area contributed by atoms with Crippen molar-refractivity contribution in [2.45, 2.75) is 49.8 Å². The quantitative estimate of drug-likeness (QED) is 0.621. The number of thiol groups is 1. The first-order valence-corrected chi connectivity index (χ1v) is 6.95. The fraction of sp³-hybridized carbons (Fsp3) is 0.818. The van der Waals surface area contributed by atoms with E-state index < -0.39 is 0 Å². The highest BCUT2D eigenvalue weighted by atomic mass is 32.2. The highest BCUT2D eigenvalue weighted by Gasteiger charge is 2.62. The smallest absolute Gasteiger partial charge is 0.230 e. The van der Waals surface area contributed by atoms with Crippen molar-refractivity contribution in [3.8, 4) is 0 Å². The fourth-order valence-corrected chi connectivity index (χ4v) is 4.93. The van der Waals surface area contributed by atoms with Crippen LogP contribution in [0, 0.1) is 5.92 Å². The highest BCUT2D eigenvalue weighted by Crippen LogP contribution is 2.54. The zero-order valence-corrected chi connectivity index (χ0v) is 11.5. The minimum absolute atomic E-state index is 0.118. The molecule has 3 nitrogen and oxygen atoms in total. The molecular weight excluding hydrogens is 242 g/mol. The van der Waals surface area contributed by atoms with Crippen LogP contribution < -0.4 is 0 Å². The van der Waals surface area contributed by atoms with Crippen molar-refractivity contribution in [3.63, 3.8) is 0 Å². The number of β-lactam (4-membered cyclic amide) rings is 1. The number of nitrogens with zero attached hydrogens (tertiary/aromatic N) is 1. The largest absolute Gasteiger partial charge is 0.317 e. The van der Waals surface area contributed by atoms with Gasteiger partial charge in [-0.2, -0.15) is 0 Å². The average molecular weight is 259 g/mol. The van der Waals surface area contributed by atoms with Crippen LogP contribution in [0.25, 0.3) is 0 Å². The lowest BCUT2D eigenvalue weighted by molar-refractivity contribution is -0.155. The lowest BCUT2D eigenvalue weighted by Crippen LogP contribution is -2.61. The van der Waals surface area contributed by atoms with Crippen molar-refractivity contribution in [3.05, 3.63) is 0 Å². The van der Waals surface area contributed by atoms with Crippen LogP contribution in [0.5, 0.6) is 0 Å². The Bertz CT molecular complexity index is 343. The summed E-state index contributed by atoms with van der Waals surface area (Å²) in [4.78, 5) is 25.2. The third-order valence-corrected chi connectivity index (χ3v) is 5.26. The van der Waals surface area contributed by atoms with Crippen LogP contribution in [0.2, 0.25) is 0 Å². The Balaban J connectivity index is 2.21. The molecule has 0 aromatic heterocycles. The van der Waals surface area contributed by atoms with Crippen LogP contribution in [-0.2, 0) is 9.59 Å². The maximum Gasteiger partial charge on any atom is 0.230 e. The third kappa shape index (κ3) is 1.59. The van der Waals surface area contributed by atoms with Gasteiger partial charge in [-0.1, -0.05) is 13.3 Å². The van der Waals surface area contributed by atoms with Gasteiger partial charge in [-0.3, -0.25) is 9.59 Å². The van der Waals surface area contributed by atoms with Gasteiger partial charge in [0.25, 0.3) is 0 Å². The predicted octanol–water partition coefficient (Wildman–Crippen LogP) is 1.92. The molecule has 2 heterocycles. The van der Waals surface area contributed by atoms with Crippen molar-refractivity contribution in [1.82, 2.24) is 4.90 Å². The summed E-state index contributed by atoms with van der Waals surface area (Å²) in [5, 5.41) is 0.00634. The molecule has 0 unspecified atom stereocenters. The van der Waals surface area contributed by atoms with Crippen LogP contribution >= 0.6 is 24.4 Å². The highest BCUT2D eigenvalue weighted by molar-refractivity contribution is 8.02. The summed E-state index contributed by atoms with van der Waals surface area (Å²) in [5.74, 6) is 0.254. The predicted molar refractivity (Wildman–Crippen MR) is 68.5 cm³/mol. The number of carbonyl (C=O) groups excluding carboxylic acids is 2. The monoisotopic (exact) mass is 259 g/mol. The first kappa shape index (κ1) is 12.3. The van der Waals surface area contributed by atoms with Gasteiger partial charge in [-0.05, 0) is 20.3 Å². The summed E-state index contributed by atoms with van der Waals surface area (Å²) < 4.78 is -0.207. The fourth-order valence-electron chi connectivity index (χ4n) is 2.67. The van der Waals surface area contributed by atoms with Crippen LogP contribution in [0.4, 0.5) is 0 Å². The number of fused-ring (bicyclic) bond motifs is 1. The Hall–Kier alpha value is -0.160. The van der Waals surface area contributed by atoms with E-state index in [1.165, 1.54) is 0 Å². The Morgan fingerprint density at radius 1 is 1.56 bits per heavy atom. The van der Waals surface area contributed by atoms with Gasteiger partial charge in [0.1, 0.15) is 6.04 Å². The van der Waals surface area contributed by atoms with Crippen molar-refractivity contribution in [1.29, 1.82) is 0 Å². The van der Waals surface area contributed by atoms with Crippen LogP contribution in [0.1, 0.15) is 33.6 Å². The summed E-state index contributed by atoms with van der Waals surface area (Å²) in [7, 11) is 0. The van der Waals surface area contributed by atoms with Crippen molar-refractivity contribution >= 4 is 35.4 Å². The molecule has 0 N–H and O–H groups in total. The van der Waals surface area contributed by atoms with E-state index in [2.05, 4.69) is 19.6 Å². The molecule has 0 aliphatic carbocycles. The Kier molecular flexibility index (Phi) is 3.03. The second kappa shape index (κ2) is 3.95. The van der Waals surface area contributed by atoms with Crippen molar-refractivity contribution < 1.29 is 9.59 Å². The maximum atomic E-state index is 12.0. The van der Waals surface area contributed by atoms with Gasteiger partial charge in [0.2, 0.25) is 11.0 Å². The van der Waals surface area contributed by atoms with Gasteiger partial charge in [-0.25, -0.2) is 0 Å². The van der Waals surface area contributed by atoms with Crippen LogP contribution in [0.15, 0.2) is 0 Å². The number of amides is 1. The molecule has 2 saturated heterocycles. The number of hydrogen-bond donors (Lipinski definition) is 1. The lowest BCUT2D eigenvalue weighted by atomic mass is 9.89. The molecule has 0 bridgehead atoms. The molecule has 1 amide bonds. The molecule has 0 radical (unpaired) electrons. The number of rotatable bonds is 3. The molecule has 0 spiro atoms. The van der Waals surface area contributed by atoms with Gasteiger partial charge < -0.3 is 4.90 Å². The van der Waals surface area contributed by atoms with Crippen molar-refractivity contribution in [2.24, 2.45) is 5.92 Å². The van der Waals surface area contributed by atoms with E-state index in [1.54, 1.807) is 16.7 Å². The number of carbonyl (C=O) groups is 2. The molecular formula is C11H17NO2S2. The second-order valence-corrected chi connectivity index (χ2v) is 7.20. The molecule has 3 atom stereocenters. The van der Waals surface area contributed by atoms with Gasteiger partial charge in [0.05, 0.1) is 11.3 Å². The van der Waals surface area contributed by atoms with E-state index in [-0.39, 0.29) is 33.1 Å². The topological polar surface area (TPSA) is 37.4 Å². The normalized spacial score (nSPS) is 35.9. The zero-order chi connectivity index (χ0) is 12.1. The van der Waals surface area contributed by atoms with Gasteiger partial charge >= 0.3 is 0 Å². The first-order valence-electron chi connectivity index (χ1n) is 5.63. The average Bonchev–Trinajstić information content (AvgIpc) is 2.43. The molecule has 0 aromatic rings. The Morgan fingerprint density at radius 3 is 2.69 bits per heavy atom. The molecule has 90 valence electrons. The summed E-state index contributed by atoms with van der Waals surface area (Å²) in [6, 6.07) is -0.355. The van der Waals surface area contributed by atoms with Gasteiger partial charge in [0.15, 0.2) is 0 Å². The standard InChI is InChI=1S/C11H17NO2S2/c1-4-5-6-8(13)12-7(10(14)15)11(2,3)16-9(6)12/h6-7,9H,4-5H2,1-3H3,(H,14,15)/t6-,7+,9-/m1/s1. The molecule has 2 rings (SSSR count). The molecule has 2 aliphatic rings. The number of thioether (sulfide) groups is 1. The minimum atomic E-state index is -0.355. The second-order valence-electron chi connectivity index (χ2n) is 4.99. The molecule has 0 saturated carbocycles. The van der Waals surface area contributed by atoms with Gasteiger partial charge in [0, 0.05) is 4.75 Å². The molecule has 2 aliphatic heterocycles. The Morgan fingerprint density at radius 2 is 2.19 bits per heavy atom. The lowest BCUT2D eigenvalue weighted by Gasteiger charge is -2.44. The van der Waals surface area contributed by atoms with E-state index in [1.807, 2.05) is 13.8 Å². The van der Waals surface area contributed by atoms with E-state index in [4.69, 9.17) is 0 Å². The summed E-state index contributed by atoms with van der Waals surface area (Å²) in [5.41, 5.74) is 0. The third-order valence-electron chi connectivity index (χ3n) is 3.38.